The van der Waals surface area contributed by atoms with Gasteiger partial charge in [-0.3, -0.25) is 0 Å². The molecule has 0 amide bonds. The van der Waals surface area contributed by atoms with E-state index in [2.05, 4.69) is 90.3 Å². The highest BCUT2D eigenvalue weighted by Crippen LogP contribution is 2.44. The molecule has 25 N–H and O–H groups in total. The Morgan fingerprint density at radius 1 is 0.331 bits per heavy atom. The summed E-state index contributed by atoms with van der Waals surface area (Å²) < 4.78 is 41.2. The first kappa shape index (κ1) is 103. The summed E-state index contributed by atoms with van der Waals surface area (Å²) in [6.45, 7) is 4.92. The first-order chi connectivity index (χ1) is 59.6. The van der Waals surface area contributed by atoms with Gasteiger partial charge in [0.15, 0.2) is 103 Å². The summed E-state index contributed by atoms with van der Waals surface area (Å²) in [4.78, 5) is 1.16. The Morgan fingerprint density at radius 3 is 0.961 bits per heavy atom. The lowest BCUT2D eigenvalue weighted by molar-refractivity contribution is -0.138. The molecule has 0 radical (unpaired) electrons. The maximum Gasteiger partial charge on any atom is 0.420 e. The van der Waals surface area contributed by atoms with E-state index in [4.69, 9.17) is 61.1 Å². The first-order valence-corrected chi connectivity index (χ1v) is 41.8. The minimum atomic E-state index is -4.84. The third-order valence-corrected chi connectivity index (χ3v) is 22.2. The van der Waals surface area contributed by atoms with Crippen molar-refractivity contribution in [2.45, 2.75) is 52.7 Å². The lowest BCUT2D eigenvalue weighted by atomic mass is 10.1. The van der Waals surface area contributed by atoms with Crippen LogP contribution in [0.5, 0.6) is 115 Å². The molecule has 10 aromatic rings. The molecule has 0 saturated heterocycles. The third kappa shape index (κ3) is 31.1. The molecule has 0 aliphatic carbocycles. The SMILES string of the molecule is Cc1c(O)cc(CNC(=S)/C(C#N)=C/c2cc(O)c(O)c(O)c2)cc1Br.Cc1c(O)cc(CNC(=S)/C=C/c2cc(O)c(O)c(Br)c2)cc1Br.N#C/C(=C\c1cc(O)c(O)c(Br)c1)C(=S)NCc1ccc(O)c(O)c1.N#C/C(=C\c1cc(O)c(O)c(I)c1)C(=S)NCc1ccc(O)c(O)c1.Oc1cc(CNC(=S)/C=C/c2cc(O)c(O)c(C(F)(F)F)c2)cc(O)c1O. The molecule has 0 fully saturated rings. The molecule has 10 aromatic carbocycles. The number of benzene rings is 10. The molecular formula is C86H70Br4F3IN8O20S5. The van der Waals surface area contributed by atoms with Gasteiger partial charge in [0.2, 0.25) is 0 Å². The summed E-state index contributed by atoms with van der Waals surface area (Å²) in [6.07, 6.45) is 5.37. The number of alkyl halides is 3. The van der Waals surface area contributed by atoms with Crippen molar-refractivity contribution in [1.82, 2.24) is 26.6 Å². The van der Waals surface area contributed by atoms with Crippen molar-refractivity contribution in [3.8, 4) is 133 Å². The summed E-state index contributed by atoms with van der Waals surface area (Å²) in [5, 5.41) is 232. The Balaban J connectivity index is 0.000000245. The molecule has 0 aliphatic heterocycles. The Morgan fingerprint density at radius 2 is 0.614 bits per heavy atom. The van der Waals surface area contributed by atoms with Gasteiger partial charge >= 0.3 is 6.18 Å². The van der Waals surface area contributed by atoms with Crippen LogP contribution in [0, 0.1) is 51.4 Å². The predicted molar refractivity (Wildman–Crippen MR) is 512 cm³/mol. The van der Waals surface area contributed by atoms with Gasteiger partial charge in [-0.15, -0.1) is 0 Å². The first-order valence-electron chi connectivity index (χ1n) is 35.5. The molecule has 0 bridgehead atoms. The lowest BCUT2D eigenvalue weighted by Crippen LogP contribution is -2.22. The smallest absolute Gasteiger partial charge is 0.420 e. The molecule has 0 aromatic heterocycles. The topological polar surface area (TPSA) is 536 Å². The molecule has 127 heavy (non-hydrogen) atoms. The van der Waals surface area contributed by atoms with Gasteiger partial charge in [-0.05, 0) is 276 Å². The normalized spacial score (nSPS) is 11.1. The van der Waals surface area contributed by atoms with Gasteiger partial charge in [0.05, 0.1) is 39.2 Å². The molecule has 0 heterocycles. The highest BCUT2D eigenvalue weighted by atomic mass is 127. The van der Waals surface area contributed by atoms with Crippen LogP contribution >= 0.6 is 147 Å². The Hall–Kier alpha value is -12.7. The summed E-state index contributed by atoms with van der Waals surface area (Å²) in [5.74, 6) is -7.59. The van der Waals surface area contributed by atoms with E-state index in [1.165, 1.54) is 103 Å². The van der Waals surface area contributed by atoms with E-state index < -0.39 is 57.7 Å². The van der Waals surface area contributed by atoms with Gasteiger partial charge in [0.25, 0.3) is 0 Å². The highest BCUT2D eigenvalue weighted by molar-refractivity contribution is 14.1. The van der Waals surface area contributed by atoms with Crippen molar-refractivity contribution in [3.63, 3.8) is 0 Å². The minimum absolute atomic E-state index is 0.0401. The number of nitrogens with one attached hydrogen (secondary N) is 5. The zero-order valence-electron chi connectivity index (χ0n) is 65.1. The maximum absolute atomic E-state index is 12.8. The number of rotatable bonds is 20. The van der Waals surface area contributed by atoms with Gasteiger partial charge in [0.1, 0.15) is 50.2 Å². The fraction of sp³-hybridized carbons (Fsp3) is 0.0930. The van der Waals surface area contributed by atoms with Gasteiger partial charge in [-0.25, -0.2) is 0 Å². The number of nitrogens with zero attached hydrogens (tertiary/aromatic N) is 3. The molecule has 10 rings (SSSR count). The third-order valence-electron chi connectivity index (χ3n) is 16.8. The van der Waals surface area contributed by atoms with Crippen molar-refractivity contribution in [2.24, 2.45) is 0 Å². The zero-order valence-corrected chi connectivity index (χ0v) is 77.7. The number of aromatic hydroxyl groups is 20. The van der Waals surface area contributed by atoms with E-state index >= 15 is 0 Å². The van der Waals surface area contributed by atoms with Crippen LogP contribution in [0.25, 0.3) is 30.4 Å². The van der Waals surface area contributed by atoms with Gasteiger partial charge < -0.3 is 129 Å². The van der Waals surface area contributed by atoms with Crippen LogP contribution in [0.1, 0.15) is 72.3 Å². The fourth-order valence-corrected chi connectivity index (χ4v) is 13.5. The number of phenolic OH excluding ortho intramolecular Hbond substituents is 20. The lowest BCUT2D eigenvalue weighted by Gasteiger charge is -2.11. The van der Waals surface area contributed by atoms with E-state index in [1.54, 1.807) is 55.5 Å². The molecule has 0 unspecified atom stereocenters. The number of halogens is 8. The van der Waals surface area contributed by atoms with Gasteiger partial charge in [-0.1, -0.05) is 117 Å². The van der Waals surface area contributed by atoms with Gasteiger partial charge in [-0.2, -0.15) is 29.0 Å². The van der Waals surface area contributed by atoms with Crippen molar-refractivity contribution in [3.05, 3.63) is 256 Å². The zero-order chi connectivity index (χ0) is 94.8. The van der Waals surface area contributed by atoms with E-state index in [0.717, 1.165) is 37.3 Å². The molecule has 0 saturated carbocycles. The average molecular weight is 2200 g/mol. The van der Waals surface area contributed by atoms with E-state index in [-0.39, 0.29) is 142 Å². The largest absolute Gasteiger partial charge is 0.508 e. The van der Waals surface area contributed by atoms with Crippen LogP contribution in [-0.4, -0.2) is 127 Å². The molecule has 41 heteroatoms. The summed E-state index contributed by atoms with van der Waals surface area (Å²) in [5.41, 5.74) is 5.92. The van der Waals surface area contributed by atoms with Crippen LogP contribution < -0.4 is 26.6 Å². The standard InChI is InChI=1S/C18H15BrN2O4S.C17H15Br2NO3S.C17H13BrN2O4S.C17H14F3NO5S.C17H13IN2O4S/c1-9-13(19)3-11(6-14(9)22)8-21-18(26)12(7-20)2-10-4-15(23)17(25)16(24)5-10;1-9-12(18)5-11(7-14(9)21)8-20-16(24)3-2-10-4-13(19)17(23)15(22)6-10;18-12-4-10(6-15(23)16(12)24)3-11(7-19)17(25)20-8-9-1-2-13(21)14(22)5-9;18-17(19,20)10-3-8(4-11(22)15(10)25)1-2-14(27)21-7-9-5-12(23)16(26)13(24)6-9;18-12-4-10(6-15(23)16(12)24)3-11(7-19)17(25)20-8-9-1-2-13(21)14(22)5-9/h2-6,22-25H,8H2,1H3,(H,21,26);2-7,21-23H,8H2,1H3,(H,20,24);1-6,21-24H,8H2,(H,20,25);1-6,22-26H,7H2,(H,21,27);1-6,21-24H,8H2,(H,20,25)/b12-2+;3-2+;11-3+;2-1+;11-3+. The van der Waals surface area contributed by atoms with Crippen LogP contribution in [0.4, 0.5) is 13.2 Å². The number of nitriles is 3. The molecule has 660 valence electrons. The number of thiocarbonyl (C=S) groups is 5. The minimum Gasteiger partial charge on any atom is -0.508 e. The number of phenols is 20. The molecule has 0 atom stereocenters. The van der Waals surface area contributed by atoms with Crippen molar-refractivity contribution >= 4 is 203 Å². The molecule has 28 nitrogen and oxygen atoms in total. The van der Waals surface area contributed by atoms with Crippen LogP contribution in [-0.2, 0) is 38.9 Å². The fourth-order valence-electron chi connectivity index (χ4n) is 10.1. The Bertz CT molecular complexity index is 5910. The second-order valence-electron chi connectivity index (χ2n) is 26.2. The maximum atomic E-state index is 12.8. The Kier molecular flexibility index (Phi) is 38.6. The van der Waals surface area contributed by atoms with Crippen LogP contribution in [0.3, 0.4) is 0 Å². The molecule has 0 aliphatic rings. The van der Waals surface area contributed by atoms with E-state index in [0.29, 0.717) is 64.6 Å². The van der Waals surface area contributed by atoms with Crippen LogP contribution in [0.15, 0.2) is 180 Å². The summed E-state index contributed by atoms with van der Waals surface area (Å²) in [7, 11) is 0. The van der Waals surface area contributed by atoms with Crippen molar-refractivity contribution < 1.29 is 115 Å². The van der Waals surface area contributed by atoms with E-state index in [1.807, 2.05) is 59.9 Å². The van der Waals surface area contributed by atoms with Crippen LogP contribution in [0.2, 0.25) is 0 Å². The second kappa shape index (κ2) is 47.5. The van der Waals surface area contributed by atoms with Gasteiger partial charge in [0, 0.05) is 52.8 Å². The second-order valence-corrected chi connectivity index (χ2v) is 32.9. The van der Waals surface area contributed by atoms with Crippen molar-refractivity contribution in [2.75, 3.05) is 0 Å². The molecule has 0 spiro atoms. The summed E-state index contributed by atoms with van der Waals surface area (Å²) in [6, 6.07) is 36.9. The molecular weight excluding hydrogens is 2130 g/mol. The number of hydrogen-bond donors (Lipinski definition) is 25. The average Bonchev–Trinajstić information content (AvgIpc) is 0.806. The van der Waals surface area contributed by atoms with Crippen molar-refractivity contribution in [1.29, 1.82) is 15.8 Å². The summed E-state index contributed by atoms with van der Waals surface area (Å²) >= 11 is 40.7. The quantitative estimate of drug-likeness (QED) is 0.0111. The highest BCUT2D eigenvalue weighted by Gasteiger charge is 2.35. The Labute approximate surface area is 795 Å². The van der Waals surface area contributed by atoms with E-state index in [9.17, 15) is 131 Å². The monoisotopic (exact) mass is 2190 g/mol. The number of hydrogen-bond acceptors (Lipinski definition) is 28. The predicted octanol–water partition coefficient (Wildman–Crippen LogP) is 18.2.